The molecule has 1 aliphatic heterocycles. The van der Waals surface area contributed by atoms with Crippen LogP contribution < -0.4 is 10.1 Å². The molecule has 2 aromatic rings. The number of nitrogens with one attached hydrogen (secondary N) is 1. The first kappa shape index (κ1) is 25.9. The largest absolute Gasteiger partial charge is 0.497 e. The van der Waals surface area contributed by atoms with Gasteiger partial charge in [-0.15, -0.1) is 0 Å². The highest BCUT2D eigenvalue weighted by atomic mass is 16.5. The summed E-state index contributed by atoms with van der Waals surface area (Å²) in [4.78, 5) is 53.9. The van der Waals surface area contributed by atoms with Gasteiger partial charge in [-0.2, -0.15) is 0 Å². The topological polar surface area (TPSA) is 96.0 Å². The highest BCUT2D eigenvalue weighted by Crippen LogP contribution is 2.23. The van der Waals surface area contributed by atoms with Crippen LogP contribution in [0.4, 0.5) is 0 Å². The van der Waals surface area contributed by atoms with Crippen LogP contribution in [0, 0.1) is 0 Å². The van der Waals surface area contributed by atoms with Gasteiger partial charge in [0.25, 0.3) is 11.8 Å². The minimum Gasteiger partial charge on any atom is -0.497 e. The second-order valence-corrected chi connectivity index (χ2v) is 8.60. The molecule has 8 heteroatoms. The maximum Gasteiger partial charge on any atom is 0.261 e. The summed E-state index contributed by atoms with van der Waals surface area (Å²) >= 11 is 0. The van der Waals surface area contributed by atoms with Crippen LogP contribution in [0.2, 0.25) is 0 Å². The zero-order valence-electron chi connectivity index (χ0n) is 20.6. The summed E-state index contributed by atoms with van der Waals surface area (Å²) in [6.07, 6.45) is 2.25. The summed E-state index contributed by atoms with van der Waals surface area (Å²) in [5.41, 5.74) is 1.65. The summed E-state index contributed by atoms with van der Waals surface area (Å²) in [5.74, 6) is -0.386. The number of methoxy groups -OCH3 is 1. The molecule has 0 saturated carbocycles. The molecule has 3 rings (SSSR count). The summed E-state index contributed by atoms with van der Waals surface area (Å²) in [6.45, 7) is 4.73. The number of hydrogen-bond acceptors (Lipinski definition) is 5. The molecule has 0 radical (unpaired) electrons. The van der Waals surface area contributed by atoms with E-state index in [1.54, 1.807) is 43.2 Å². The van der Waals surface area contributed by atoms with E-state index in [4.69, 9.17) is 4.74 Å². The third kappa shape index (κ3) is 6.26. The number of carbonyl (C=O) groups is 4. The van der Waals surface area contributed by atoms with Gasteiger partial charge in [-0.05, 0) is 49.6 Å². The smallest absolute Gasteiger partial charge is 0.261 e. The van der Waals surface area contributed by atoms with E-state index in [0.717, 1.165) is 18.4 Å². The van der Waals surface area contributed by atoms with Gasteiger partial charge in [0.05, 0.1) is 18.2 Å². The van der Waals surface area contributed by atoms with E-state index in [2.05, 4.69) is 5.32 Å². The fourth-order valence-corrected chi connectivity index (χ4v) is 4.02. The standard InChI is InChI=1S/C27H33N3O5/c1-4-5-16-28-25(32)19(2)30(18-20-12-14-21(35-3)15-13-20)24(31)11-8-17-29-26(33)22-9-6-7-10-23(22)27(29)34/h6-7,9-10,12-15,19H,4-5,8,11,16-18H2,1-3H3,(H,28,32). The molecule has 1 N–H and O–H groups in total. The first-order valence-electron chi connectivity index (χ1n) is 12.0. The van der Waals surface area contributed by atoms with Gasteiger partial charge in [0.1, 0.15) is 11.8 Å². The molecule has 0 aromatic heterocycles. The minimum atomic E-state index is -0.666. The van der Waals surface area contributed by atoms with Crippen LogP contribution in [-0.4, -0.2) is 59.7 Å². The quantitative estimate of drug-likeness (QED) is 0.372. The fourth-order valence-electron chi connectivity index (χ4n) is 4.02. The fraction of sp³-hybridized carbons (Fsp3) is 0.407. The molecule has 0 spiro atoms. The van der Waals surface area contributed by atoms with E-state index >= 15 is 0 Å². The van der Waals surface area contributed by atoms with E-state index in [0.29, 0.717) is 29.8 Å². The summed E-state index contributed by atoms with van der Waals surface area (Å²) < 4.78 is 5.20. The van der Waals surface area contributed by atoms with Crippen LogP contribution in [0.5, 0.6) is 5.75 Å². The number of imide groups is 1. The van der Waals surface area contributed by atoms with Gasteiger partial charge in [0, 0.05) is 26.1 Å². The predicted molar refractivity (Wildman–Crippen MR) is 132 cm³/mol. The van der Waals surface area contributed by atoms with Crippen LogP contribution in [0.1, 0.15) is 65.8 Å². The summed E-state index contributed by atoms with van der Waals surface area (Å²) in [5, 5.41) is 2.89. The Morgan fingerprint density at radius 3 is 2.20 bits per heavy atom. The zero-order valence-corrected chi connectivity index (χ0v) is 20.6. The Kier molecular flexibility index (Phi) is 9.00. The number of fused-ring (bicyclic) bond motifs is 1. The van der Waals surface area contributed by atoms with Gasteiger partial charge >= 0.3 is 0 Å². The van der Waals surface area contributed by atoms with Gasteiger partial charge in [0.15, 0.2) is 0 Å². The van der Waals surface area contributed by atoms with Gasteiger partial charge in [-0.3, -0.25) is 24.1 Å². The van der Waals surface area contributed by atoms with Crippen molar-refractivity contribution in [3.05, 3.63) is 65.2 Å². The molecule has 0 bridgehead atoms. The van der Waals surface area contributed by atoms with E-state index in [-0.39, 0.29) is 43.1 Å². The van der Waals surface area contributed by atoms with Crippen LogP contribution >= 0.6 is 0 Å². The van der Waals surface area contributed by atoms with Gasteiger partial charge in [-0.25, -0.2) is 0 Å². The first-order valence-corrected chi connectivity index (χ1v) is 12.0. The Bertz CT molecular complexity index is 1030. The molecule has 2 aromatic carbocycles. The second-order valence-electron chi connectivity index (χ2n) is 8.60. The molecule has 1 heterocycles. The maximum absolute atomic E-state index is 13.2. The number of benzene rings is 2. The molecular formula is C27H33N3O5. The second kappa shape index (κ2) is 12.1. The summed E-state index contributed by atoms with van der Waals surface area (Å²) in [6, 6.07) is 13.4. The van der Waals surface area contributed by atoms with Crippen molar-refractivity contribution in [3.63, 3.8) is 0 Å². The predicted octanol–water partition coefficient (Wildman–Crippen LogP) is 3.41. The van der Waals surface area contributed by atoms with Crippen molar-refractivity contribution in [1.82, 2.24) is 15.1 Å². The highest BCUT2D eigenvalue weighted by molar-refractivity contribution is 6.21. The lowest BCUT2D eigenvalue weighted by Crippen LogP contribution is -2.47. The van der Waals surface area contributed by atoms with E-state index in [1.807, 2.05) is 31.2 Å². The number of unbranched alkanes of at least 4 members (excludes halogenated alkanes) is 1. The lowest BCUT2D eigenvalue weighted by atomic mass is 10.1. The lowest BCUT2D eigenvalue weighted by Gasteiger charge is -2.29. The van der Waals surface area contributed by atoms with Crippen molar-refractivity contribution >= 4 is 23.6 Å². The lowest BCUT2D eigenvalue weighted by molar-refractivity contribution is -0.140. The highest BCUT2D eigenvalue weighted by Gasteiger charge is 2.35. The van der Waals surface area contributed by atoms with Crippen molar-refractivity contribution < 1.29 is 23.9 Å². The van der Waals surface area contributed by atoms with Crippen molar-refractivity contribution in [3.8, 4) is 5.75 Å². The number of hydrogen-bond donors (Lipinski definition) is 1. The average Bonchev–Trinajstić information content (AvgIpc) is 3.12. The molecule has 0 fully saturated rings. The number of carbonyl (C=O) groups excluding carboxylic acids is 4. The maximum atomic E-state index is 13.2. The molecule has 4 amide bonds. The molecule has 8 nitrogen and oxygen atoms in total. The van der Waals surface area contributed by atoms with Crippen molar-refractivity contribution in [2.24, 2.45) is 0 Å². The third-order valence-corrected chi connectivity index (χ3v) is 6.16. The van der Waals surface area contributed by atoms with E-state index < -0.39 is 6.04 Å². The monoisotopic (exact) mass is 479 g/mol. The average molecular weight is 480 g/mol. The molecule has 1 unspecified atom stereocenters. The number of rotatable bonds is 12. The van der Waals surface area contributed by atoms with Crippen molar-refractivity contribution in [2.75, 3.05) is 20.2 Å². The molecule has 186 valence electrons. The van der Waals surface area contributed by atoms with Gasteiger partial charge in [0.2, 0.25) is 11.8 Å². The Morgan fingerprint density at radius 2 is 1.63 bits per heavy atom. The Morgan fingerprint density at radius 1 is 1.00 bits per heavy atom. The molecule has 1 aliphatic rings. The van der Waals surface area contributed by atoms with Gasteiger partial charge < -0.3 is 15.0 Å². The Balaban J connectivity index is 1.65. The SMILES string of the molecule is CCCCNC(=O)C(C)N(Cc1ccc(OC)cc1)C(=O)CCCN1C(=O)c2ccccc2C1=O. The number of ether oxygens (including phenoxy) is 1. The van der Waals surface area contributed by atoms with Gasteiger partial charge in [-0.1, -0.05) is 37.6 Å². The van der Waals surface area contributed by atoms with Crippen molar-refractivity contribution in [2.45, 2.75) is 52.1 Å². The Labute approximate surface area is 206 Å². The van der Waals surface area contributed by atoms with E-state index in [9.17, 15) is 19.2 Å². The van der Waals surface area contributed by atoms with Crippen LogP contribution in [0.3, 0.4) is 0 Å². The minimum absolute atomic E-state index is 0.107. The number of amides is 4. The third-order valence-electron chi connectivity index (χ3n) is 6.16. The molecule has 0 saturated heterocycles. The first-order chi connectivity index (χ1) is 16.9. The van der Waals surface area contributed by atoms with E-state index in [1.165, 1.54) is 4.90 Å². The molecule has 1 atom stereocenters. The van der Waals surface area contributed by atoms with Crippen LogP contribution in [0.25, 0.3) is 0 Å². The molecular weight excluding hydrogens is 446 g/mol. The zero-order chi connectivity index (χ0) is 25.4. The van der Waals surface area contributed by atoms with Crippen molar-refractivity contribution in [1.29, 1.82) is 0 Å². The normalized spacial score (nSPS) is 13.4. The molecule has 35 heavy (non-hydrogen) atoms. The van der Waals surface area contributed by atoms with Crippen LogP contribution in [0.15, 0.2) is 48.5 Å². The Hall–Kier alpha value is -3.68. The summed E-state index contributed by atoms with van der Waals surface area (Å²) in [7, 11) is 1.59. The van der Waals surface area contributed by atoms with Crippen LogP contribution in [-0.2, 0) is 16.1 Å². The molecule has 0 aliphatic carbocycles. The number of nitrogens with zero attached hydrogens (tertiary/aromatic N) is 2.